The minimum absolute atomic E-state index is 0.143. The van der Waals surface area contributed by atoms with Crippen LogP contribution >= 0.6 is 11.6 Å². The van der Waals surface area contributed by atoms with Crippen LogP contribution in [0.1, 0.15) is 56.8 Å². The predicted octanol–water partition coefficient (Wildman–Crippen LogP) is 5.47. The predicted molar refractivity (Wildman–Crippen MR) is 149 cm³/mol. The largest absolute Gasteiger partial charge is 0.464 e. The van der Waals surface area contributed by atoms with Crippen molar-refractivity contribution in [3.8, 4) is 0 Å². The molecule has 0 spiro atoms. The molecule has 7 nitrogen and oxygen atoms in total. The third kappa shape index (κ3) is 10.4. The van der Waals surface area contributed by atoms with Crippen LogP contribution in [0.25, 0.3) is 0 Å². The number of rotatable bonds is 10. The third-order valence-electron chi connectivity index (χ3n) is 6.01. The van der Waals surface area contributed by atoms with Crippen LogP contribution in [-0.2, 0) is 14.3 Å². The summed E-state index contributed by atoms with van der Waals surface area (Å²) in [4.78, 5) is 40.4. The van der Waals surface area contributed by atoms with Crippen LogP contribution in [-0.4, -0.2) is 55.0 Å². The van der Waals surface area contributed by atoms with Crippen LogP contribution in [0, 0.1) is 0 Å². The van der Waals surface area contributed by atoms with Crippen molar-refractivity contribution in [3.05, 3.63) is 76.8 Å². The second-order valence-electron chi connectivity index (χ2n) is 8.82. The van der Waals surface area contributed by atoms with Crippen LogP contribution in [0.5, 0.6) is 0 Å². The highest BCUT2D eigenvalue weighted by Gasteiger charge is 2.25. The van der Waals surface area contributed by atoms with Gasteiger partial charge in [0.05, 0.1) is 6.61 Å². The maximum Gasteiger partial charge on any atom is 0.328 e. The number of amides is 2. The first kappa shape index (κ1) is 30.1. The second-order valence-corrected chi connectivity index (χ2v) is 9.25. The van der Waals surface area contributed by atoms with E-state index in [-0.39, 0.29) is 18.9 Å². The van der Waals surface area contributed by atoms with Crippen molar-refractivity contribution in [1.29, 1.82) is 0 Å². The zero-order valence-corrected chi connectivity index (χ0v) is 22.9. The first-order chi connectivity index (χ1) is 17.8. The molecule has 0 saturated carbocycles. The summed E-state index contributed by atoms with van der Waals surface area (Å²) in [5.74, 6) is -1.25. The number of halogens is 1. The Balaban J connectivity index is 0.00000235. The van der Waals surface area contributed by atoms with E-state index in [4.69, 9.17) is 16.3 Å². The van der Waals surface area contributed by atoms with Crippen LogP contribution in [0.2, 0.25) is 5.02 Å². The van der Waals surface area contributed by atoms with Gasteiger partial charge < -0.3 is 20.3 Å². The summed E-state index contributed by atoms with van der Waals surface area (Å²) >= 11 is 5.91. The summed E-state index contributed by atoms with van der Waals surface area (Å²) in [6, 6.07) is 15.0. The van der Waals surface area contributed by atoms with E-state index in [1.165, 1.54) is 6.08 Å². The van der Waals surface area contributed by atoms with E-state index in [1.807, 2.05) is 32.0 Å². The zero-order valence-electron chi connectivity index (χ0n) is 22.1. The highest BCUT2D eigenvalue weighted by molar-refractivity contribution is 6.30. The molecule has 37 heavy (non-hydrogen) atoms. The van der Waals surface area contributed by atoms with Crippen molar-refractivity contribution in [3.63, 3.8) is 0 Å². The van der Waals surface area contributed by atoms with E-state index in [0.29, 0.717) is 27.9 Å². The Bertz CT molecular complexity index is 1040. The van der Waals surface area contributed by atoms with Gasteiger partial charge in [-0.1, -0.05) is 49.2 Å². The minimum Gasteiger partial charge on any atom is -0.464 e. The molecule has 2 N–H and O–H groups in total. The van der Waals surface area contributed by atoms with Gasteiger partial charge in [0.1, 0.15) is 6.04 Å². The number of nitrogens with zero attached hydrogens (tertiary/aromatic N) is 1. The topological polar surface area (TPSA) is 87.7 Å². The van der Waals surface area contributed by atoms with Gasteiger partial charge in [0.15, 0.2) is 0 Å². The van der Waals surface area contributed by atoms with Gasteiger partial charge in [0.25, 0.3) is 5.91 Å². The molecular formula is C29H38ClN3O4. The van der Waals surface area contributed by atoms with Crippen molar-refractivity contribution in [2.45, 2.75) is 58.5 Å². The number of anilines is 1. The Morgan fingerprint density at radius 2 is 1.78 bits per heavy atom. The summed E-state index contributed by atoms with van der Waals surface area (Å²) in [5, 5.41) is 6.05. The number of benzene rings is 2. The Morgan fingerprint density at radius 3 is 2.41 bits per heavy atom. The van der Waals surface area contributed by atoms with Gasteiger partial charge in [-0.15, -0.1) is 0 Å². The zero-order chi connectivity index (χ0) is 27.2. The molecule has 1 aliphatic heterocycles. The Hall–Kier alpha value is -3.16. The summed E-state index contributed by atoms with van der Waals surface area (Å²) in [5.41, 5.74) is 1.68. The fraction of sp³-hybridized carbons (Fsp3) is 0.414. The van der Waals surface area contributed by atoms with E-state index in [9.17, 15) is 14.4 Å². The van der Waals surface area contributed by atoms with Gasteiger partial charge >= 0.3 is 5.97 Å². The number of esters is 1. The van der Waals surface area contributed by atoms with Crippen LogP contribution < -0.4 is 10.6 Å². The molecule has 2 aromatic carbocycles. The molecule has 8 heteroatoms. The Morgan fingerprint density at radius 1 is 1.11 bits per heavy atom. The molecule has 2 unspecified atom stereocenters. The number of likely N-dealkylation sites (tertiary alicyclic amines) is 1. The lowest BCUT2D eigenvalue weighted by Gasteiger charge is -2.21. The molecule has 2 amide bonds. The Labute approximate surface area is 225 Å². The molecule has 0 radical (unpaired) electrons. The summed E-state index contributed by atoms with van der Waals surface area (Å²) in [7, 11) is 2.07. The minimum atomic E-state index is -0.930. The lowest BCUT2D eigenvalue weighted by Crippen LogP contribution is -2.42. The van der Waals surface area contributed by atoms with Crippen molar-refractivity contribution in [2.75, 3.05) is 25.5 Å². The van der Waals surface area contributed by atoms with E-state index in [0.717, 1.165) is 25.8 Å². The highest BCUT2D eigenvalue weighted by atomic mass is 35.5. The normalized spacial score (nSPS) is 16.2. The summed E-state index contributed by atoms with van der Waals surface area (Å²) in [6.07, 6.45) is 4.54. The van der Waals surface area contributed by atoms with Crippen molar-refractivity contribution in [2.24, 2.45) is 0 Å². The van der Waals surface area contributed by atoms with Crippen LogP contribution in [0.4, 0.5) is 5.69 Å². The number of carbonyl (C=O) groups excluding carboxylic acids is 3. The van der Waals surface area contributed by atoms with Crippen molar-refractivity contribution >= 4 is 35.1 Å². The number of para-hydroxylation sites is 1. The molecule has 1 saturated heterocycles. The van der Waals surface area contributed by atoms with Gasteiger partial charge in [0, 0.05) is 28.4 Å². The quantitative estimate of drug-likeness (QED) is 0.316. The molecule has 1 aliphatic rings. The lowest BCUT2D eigenvalue weighted by atomic mass is 10.1. The molecule has 0 aromatic heterocycles. The fourth-order valence-electron chi connectivity index (χ4n) is 4.08. The van der Waals surface area contributed by atoms with Gasteiger partial charge in [-0.25, -0.2) is 4.79 Å². The number of hydrogen-bond acceptors (Lipinski definition) is 5. The van der Waals surface area contributed by atoms with Gasteiger partial charge in [-0.2, -0.15) is 0 Å². The third-order valence-corrected chi connectivity index (χ3v) is 6.26. The van der Waals surface area contributed by atoms with E-state index >= 15 is 0 Å². The first-order valence-corrected chi connectivity index (χ1v) is 13.2. The number of hydrogen-bond donors (Lipinski definition) is 2. The summed E-state index contributed by atoms with van der Waals surface area (Å²) < 4.78 is 5.54. The SMILES string of the molecule is C/C(=C\C(=O)Nc1ccccc1)CC(NC(=O)c1ccc(Cl)cc1)C(=O)OCCC1CCCN1C.CC. The van der Waals surface area contributed by atoms with E-state index in [1.54, 1.807) is 43.3 Å². The molecule has 1 heterocycles. The molecule has 200 valence electrons. The molecule has 3 rings (SSSR count). The van der Waals surface area contributed by atoms with Crippen molar-refractivity contribution in [1.82, 2.24) is 10.2 Å². The van der Waals surface area contributed by atoms with Crippen LogP contribution in [0.15, 0.2) is 66.2 Å². The van der Waals surface area contributed by atoms with Gasteiger partial charge in [-0.3, -0.25) is 9.59 Å². The first-order valence-electron chi connectivity index (χ1n) is 12.8. The summed E-state index contributed by atoms with van der Waals surface area (Å²) in [6.45, 7) is 7.07. The maximum absolute atomic E-state index is 12.9. The van der Waals surface area contributed by atoms with E-state index in [2.05, 4.69) is 22.6 Å². The maximum atomic E-state index is 12.9. The second kappa shape index (κ2) is 15.8. The Kier molecular flexibility index (Phi) is 12.9. The highest BCUT2D eigenvalue weighted by Crippen LogP contribution is 2.18. The smallest absolute Gasteiger partial charge is 0.328 e. The number of nitrogens with one attached hydrogen (secondary N) is 2. The average molecular weight is 528 g/mol. The van der Waals surface area contributed by atoms with E-state index < -0.39 is 17.9 Å². The fourth-order valence-corrected chi connectivity index (χ4v) is 4.21. The standard InChI is InChI=1S/C27H32ClN3O4.C2H6/c1-19(18-25(32)29-22-7-4-3-5-8-22)17-24(30-26(33)20-10-12-21(28)13-11-20)27(34)35-16-14-23-9-6-15-31(23)2;1-2/h3-5,7-8,10-13,18,23-24H,6,9,14-17H2,1-2H3,(H,29,32)(H,30,33);1-2H3/b19-18+;. The van der Waals surface area contributed by atoms with Gasteiger partial charge in [0.2, 0.25) is 5.91 Å². The number of ether oxygens (including phenoxy) is 1. The lowest BCUT2D eigenvalue weighted by molar-refractivity contribution is -0.146. The average Bonchev–Trinajstić information content (AvgIpc) is 3.30. The molecule has 0 bridgehead atoms. The molecular weight excluding hydrogens is 490 g/mol. The van der Waals surface area contributed by atoms with Crippen LogP contribution in [0.3, 0.4) is 0 Å². The molecule has 1 fully saturated rings. The molecule has 0 aliphatic carbocycles. The number of carbonyl (C=O) groups is 3. The molecule has 2 aromatic rings. The molecule has 2 atom stereocenters. The van der Waals surface area contributed by atoms with Gasteiger partial charge in [-0.05, 0) is 82.6 Å². The van der Waals surface area contributed by atoms with Crippen molar-refractivity contribution < 1.29 is 19.1 Å². The monoisotopic (exact) mass is 527 g/mol.